The number of nitrogens with two attached hydrogens (primary N) is 1. The summed E-state index contributed by atoms with van der Waals surface area (Å²) in [4.78, 5) is 26.6. The molecule has 0 radical (unpaired) electrons. The summed E-state index contributed by atoms with van der Waals surface area (Å²) in [6.45, 7) is 0.909. The largest absolute Gasteiger partial charge is 0.477 e. The van der Waals surface area contributed by atoms with E-state index in [4.69, 9.17) is 10.8 Å². The topological polar surface area (TPSA) is 105 Å². The van der Waals surface area contributed by atoms with Crippen LogP contribution in [0.5, 0.6) is 0 Å². The summed E-state index contributed by atoms with van der Waals surface area (Å²) < 4.78 is 0. The van der Waals surface area contributed by atoms with Crippen LogP contribution in [0.2, 0.25) is 0 Å². The highest BCUT2D eigenvalue weighted by molar-refractivity contribution is 5.85. The maximum Gasteiger partial charge on any atom is 0.354 e. The molecular weight excluding hydrogens is 258 g/mol. The second-order valence-corrected chi connectivity index (χ2v) is 5.11. The first-order valence-electron chi connectivity index (χ1n) is 6.78. The quantitative estimate of drug-likeness (QED) is 0.737. The molecule has 0 saturated heterocycles. The molecule has 2 atom stereocenters. The Kier molecular flexibility index (Phi) is 4.68. The second-order valence-electron chi connectivity index (χ2n) is 5.11. The van der Waals surface area contributed by atoms with Gasteiger partial charge in [-0.25, -0.2) is 9.78 Å². The SMILES string of the molecule is NCC1CCCC1C(=O)NCc1ccc(C(=O)O)nc1. The van der Waals surface area contributed by atoms with Crippen molar-refractivity contribution in [2.45, 2.75) is 25.8 Å². The van der Waals surface area contributed by atoms with E-state index in [1.807, 2.05) is 0 Å². The van der Waals surface area contributed by atoms with Gasteiger partial charge in [-0.2, -0.15) is 0 Å². The third-order valence-corrected chi connectivity index (χ3v) is 3.81. The van der Waals surface area contributed by atoms with Crippen molar-refractivity contribution >= 4 is 11.9 Å². The lowest BCUT2D eigenvalue weighted by molar-refractivity contribution is -0.126. The van der Waals surface area contributed by atoms with Gasteiger partial charge in [0.25, 0.3) is 0 Å². The Balaban J connectivity index is 1.88. The number of carboxylic acid groups (broad SMARTS) is 1. The van der Waals surface area contributed by atoms with Gasteiger partial charge in [0, 0.05) is 18.7 Å². The summed E-state index contributed by atoms with van der Waals surface area (Å²) in [6, 6.07) is 3.09. The van der Waals surface area contributed by atoms with E-state index in [1.165, 1.54) is 12.3 Å². The van der Waals surface area contributed by atoms with E-state index >= 15 is 0 Å². The Hall–Kier alpha value is -1.95. The maximum atomic E-state index is 12.1. The van der Waals surface area contributed by atoms with Gasteiger partial charge in [0.05, 0.1) is 0 Å². The van der Waals surface area contributed by atoms with Crippen molar-refractivity contribution in [2.75, 3.05) is 6.54 Å². The summed E-state index contributed by atoms with van der Waals surface area (Å²) >= 11 is 0. The van der Waals surface area contributed by atoms with Crippen LogP contribution in [-0.4, -0.2) is 28.5 Å². The van der Waals surface area contributed by atoms with Crippen LogP contribution < -0.4 is 11.1 Å². The van der Waals surface area contributed by atoms with Crippen LogP contribution in [0.25, 0.3) is 0 Å². The Bertz CT molecular complexity index is 487. The molecule has 1 saturated carbocycles. The summed E-state index contributed by atoms with van der Waals surface area (Å²) in [5.74, 6) is -0.744. The molecule has 0 bridgehead atoms. The predicted molar refractivity (Wildman–Crippen MR) is 72.9 cm³/mol. The molecule has 1 aromatic rings. The molecule has 6 heteroatoms. The van der Waals surface area contributed by atoms with E-state index in [0.717, 1.165) is 24.8 Å². The Morgan fingerprint density at radius 1 is 1.40 bits per heavy atom. The molecule has 1 aliphatic carbocycles. The average Bonchev–Trinajstić information content (AvgIpc) is 2.93. The van der Waals surface area contributed by atoms with Gasteiger partial charge in [0.1, 0.15) is 5.69 Å². The molecule has 1 aliphatic rings. The lowest BCUT2D eigenvalue weighted by Crippen LogP contribution is -2.34. The van der Waals surface area contributed by atoms with Crippen molar-refractivity contribution in [2.24, 2.45) is 17.6 Å². The number of carbonyl (C=O) groups is 2. The van der Waals surface area contributed by atoms with Crippen LogP contribution in [0.15, 0.2) is 18.3 Å². The summed E-state index contributed by atoms with van der Waals surface area (Å²) in [5, 5.41) is 11.6. The molecule has 4 N–H and O–H groups in total. The lowest BCUT2D eigenvalue weighted by Gasteiger charge is -2.17. The summed E-state index contributed by atoms with van der Waals surface area (Å²) in [6.07, 6.45) is 4.43. The van der Waals surface area contributed by atoms with Crippen molar-refractivity contribution in [1.82, 2.24) is 10.3 Å². The fourth-order valence-corrected chi connectivity index (χ4v) is 2.64. The molecule has 0 aliphatic heterocycles. The molecule has 2 unspecified atom stereocenters. The average molecular weight is 277 g/mol. The highest BCUT2D eigenvalue weighted by Crippen LogP contribution is 2.30. The molecular formula is C14H19N3O3. The van der Waals surface area contributed by atoms with E-state index in [1.54, 1.807) is 6.07 Å². The highest BCUT2D eigenvalue weighted by Gasteiger charge is 2.31. The van der Waals surface area contributed by atoms with Crippen molar-refractivity contribution in [3.63, 3.8) is 0 Å². The second kappa shape index (κ2) is 6.47. The van der Waals surface area contributed by atoms with Gasteiger partial charge in [-0.15, -0.1) is 0 Å². The third kappa shape index (κ3) is 3.33. The Morgan fingerprint density at radius 3 is 2.80 bits per heavy atom. The molecule has 1 amide bonds. The lowest BCUT2D eigenvalue weighted by atomic mass is 9.95. The monoisotopic (exact) mass is 277 g/mol. The van der Waals surface area contributed by atoms with E-state index in [9.17, 15) is 9.59 Å². The van der Waals surface area contributed by atoms with E-state index < -0.39 is 5.97 Å². The molecule has 1 fully saturated rings. The number of nitrogens with one attached hydrogen (secondary N) is 1. The number of nitrogens with zero attached hydrogens (tertiary/aromatic N) is 1. The van der Waals surface area contributed by atoms with Gasteiger partial charge in [-0.05, 0) is 36.9 Å². The van der Waals surface area contributed by atoms with Gasteiger partial charge in [0.2, 0.25) is 5.91 Å². The zero-order valence-corrected chi connectivity index (χ0v) is 11.2. The minimum absolute atomic E-state index is 0.000866. The first-order chi connectivity index (χ1) is 9.61. The fraction of sp³-hybridized carbons (Fsp3) is 0.500. The molecule has 1 heterocycles. The first-order valence-corrected chi connectivity index (χ1v) is 6.78. The normalized spacial score (nSPS) is 21.6. The first kappa shape index (κ1) is 14.5. The summed E-state index contributed by atoms with van der Waals surface area (Å²) in [5.41, 5.74) is 6.45. The predicted octanol–water partition coefficient (Wildman–Crippen LogP) is 0.771. The number of rotatable bonds is 5. The zero-order valence-electron chi connectivity index (χ0n) is 11.2. The zero-order chi connectivity index (χ0) is 14.5. The number of aromatic nitrogens is 1. The number of pyridine rings is 1. The molecule has 2 rings (SSSR count). The van der Waals surface area contributed by atoms with Crippen LogP contribution in [0.1, 0.15) is 35.3 Å². The number of hydrogen-bond acceptors (Lipinski definition) is 4. The van der Waals surface area contributed by atoms with E-state index in [2.05, 4.69) is 10.3 Å². The maximum absolute atomic E-state index is 12.1. The molecule has 108 valence electrons. The number of amides is 1. The fourth-order valence-electron chi connectivity index (χ4n) is 2.64. The van der Waals surface area contributed by atoms with Gasteiger partial charge in [-0.3, -0.25) is 4.79 Å². The number of aromatic carboxylic acids is 1. The van der Waals surface area contributed by atoms with Crippen molar-refractivity contribution in [1.29, 1.82) is 0 Å². The number of carbonyl (C=O) groups excluding carboxylic acids is 1. The van der Waals surface area contributed by atoms with Gasteiger partial charge >= 0.3 is 5.97 Å². The third-order valence-electron chi connectivity index (χ3n) is 3.81. The van der Waals surface area contributed by atoms with Crippen LogP contribution in [0.4, 0.5) is 0 Å². The smallest absolute Gasteiger partial charge is 0.354 e. The summed E-state index contributed by atoms with van der Waals surface area (Å²) in [7, 11) is 0. The van der Waals surface area contributed by atoms with Gasteiger partial charge < -0.3 is 16.2 Å². The Morgan fingerprint density at radius 2 is 2.20 bits per heavy atom. The van der Waals surface area contributed by atoms with Gasteiger partial charge in [0.15, 0.2) is 0 Å². The van der Waals surface area contributed by atoms with Crippen molar-refractivity contribution in [3.05, 3.63) is 29.6 Å². The molecule has 1 aromatic heterocycles. The van der Waals surface area contributed by atoms with Crippen LogP contribution >= 0.6 is 0 Å². The molecule has 20 heavy (non-hydrogen) atoms. The standard InChI is InChI=1S/C14H19N3O3/c15-6-10-2-1-3-11(10)13(18)17-8-9-4-5-12(14(19)20)16-7-9/h4-5,7,10-11H,1-3,6,8,15H2,(H,17,18)(H,19,20). The highest BCUT2D eigenvalue weighted by atomic mass is 16.4. The number of hydrogen-bond donors (Lipinski definition) is 3. The number of carboxylic acids is 1. The van der Waals surface area contributed by atoms with E-state index in [-0.39, 0.29) is 23.4 Å². The van der Waals surface area contributed by atoms with Crippen LogP contribution in [-0.2, 0) is 11.3 Å². The molecule has 0 spiro atoms. The molecule has 0 aromatic carbocycles. The van der Waals surface area contributed by atoms with Gasteiger partial charge in [-0.1, -0.05) is 12.5 Å². The Labute approximate surface area is 117 Å². The minimum atomic E-state index is -1.06. The van der Waals surface area contributed by atoms with E-state index in [0.29, 0.717) is 13.1 Å². The van der Waals surface area contributed by atoms with Crippen molar-refractivity contribution < 1.29 is 14.7 Å². The van der Waals surface area contributed by atoms with Crippen LogP contribution in [0.3, 0.4) is 0 Å². The molecule has 6 nitrogen and oxygen atoms in total. The minimum Gasteiger partial charge on any atom is -0.477 e. The van der Waals surface area contributed by atoms with Crippen LogP contribution in [0, 0.1) is 11.8 Å². The van der Waals surface area contributed by atoms with Crippen molar-refractivity contribution in [3.8, 4) is 0 Å².